The van der Waals surface area contributed by atoms with Gasteiger partial charge in [0.15, 0.2) is 0 Å². The van der Waals surface area contributed by atoms with Crippen molar-refractivity contribution in [1.82, 2.24) is 0 Å². The van der Waals surface area contributed by atoms with E-state index in [1.807, 2.05) is 20.2 Å². The molecule has 0 saturated carbocycles. The lowest BCUT2D eigenvalue weighted by molar-refractivity contribution is -0.872. The number of aromatic hydroxyl groups is 1. The fraction of sp³-hybridized carbons (Fsp3) is 0.438. The molecule has 0 saturated heterocycles. The van der Waals surface area contributed by atoms with Gasteiger partial charge in [0.05, 0.1) is 14.1 Å². The highest BCUT2D eigenvalue weighted by Gasteiger charge is 2.16. The fourth-order valence-corrected chi connectivity index (χ4v) is 2.57. The molecule has 0 aliphatic heterocycles. The van der Waals surface area contributed by atoms with Gasteiger partial charge in [0, 0.05) is 22.6 Å². The first-order valence-electron chi connectivity index (χ1n) is 7.01. The Kier molecular flexibility index (Phi) is 4.14. The summed E-state index contributed by atoms with van der Waals surface area (Å²) >= 11 is 0. The van der Waals surface area contributed by atoms with E-state index in [2.05, 4.69) is 6.92 Å². The summed E-state index contributed by atoms with van der Waals surface area (Å²) in [6.45, 7) is 4.61. The van der Waals surface area contributed by atoms with Crippen molar-refractivity contribution in [2.24, 2.45) is 0 Å². The third kappa shape index (κ3) is 2.70. The van der Waals surface area contributed by atoms with Crippen molar-refractivity contribution in [3.05, 3.63) is 39.2 Å². The van der Waals surface area contributed by atoms with Crippen molar-refractivity contribution in [2.75, 3.05) is 14.1 Å². The number of nitrogens with one attached hydrogen (secondary N) is 1. The van der Waals surface area contributed by atoms with E-state index in [0.29, 0.717) is 11.1 Å². The van der Waals surface area contributed by atoms with E-state index in [0.717, 1.165) is 35.9 Å². The minimum absolute atomic E-state index is 0.232. The van der Waals surface area contributed by atoms with Gasteiger partial charge in [0.1, 0.15) is 17.9 Å². The average molecular weight is 276 g/mol. The monoisotopic (exact) mass is 276 g/mol. The summed E-state index contributed by atoms with van der Waals surface area (Å²) in [5.74, 6) is 0.232. The molecule has 2 aromatic rings. The van der Waals surface area contributed by atoms with Crippen LogP contribution < -0.4 is 10.5 Å². The molecular weight excluding hydrogens is 254 g/mol. The highest BCUT2D eigenvalue weighted by molar-refractivity contribution is 5.86. The average Bonchev–Trinajstić information content (AvgIpc) is 2.37. The zero-order chi connectivity index (χ0) is 14.9. The molecule has 1 heterocycles. The molecule has 108 valence electrons. The maximum absolute atomic E-state index is 11.7. The molecule has 1 aromatic carbocycles. The van der Waals surface area contributed by atoms with Gasteiger partial charge in [0.25, 0.3) is 0 Å². The number of aryl methyl sites for hydroxylation is 2. The maximum atomic E-state index is 11.7. The quantitative estimate of drug-likeness (QED) is 0.830. The summed E-state index contributed by atoms with van der Waals surface area (Å²) in [5.41, 5.74) is 2.69. The number of phenolic OH excluding ortho intramolecular Hbond substituents is 1. The first kappa shape index (κ1) is 14.6. The van der Waals surface area contributed by atoms with E-state index in [1.165, 1.54) is 4.90 Å². The Bertz CT molecular complexity index is 686. The second kappa shape index (κ2) is 5.67. The van der Waals surface area contributed by atoms with Gasteiger partial charge in [-0.2, -0.15) is 0 Å². The largest absolute Gasteiger partial charge is 0.507 e. The van der Waals surface area contributed by atoms with Gasteiger partial charge in [-0.05, 0) is 25.0 Å². The van der Waals surface area contributed by atoms with E-state index in [4.69, 9.17) is 4.42 Å². The molecule has 20 heavy (non-hydrogen) atoms. The van der Waals surface area contributed by atoms with Gasteiger partial charge < -0.3 is 14.4 Å². The number of quaternary nitrogens is 1. The second-order valence-corrected chi connectivity index (χ2v) is 5.61. The summed E-state index contributed by atoms with van der Waals surface area (Å²) in [5, 5.41) is 11.2. The Labute approximate surface area is 118 Å². The number of benzene rings is 1. The Hall–Kier alpha value is -1.81. The van der Waals surface area contributed by atoms with Gasteiger partial charge in [-0.15, -0.1) is 0 Å². The van der Waals surface area contributed by atoms with Gasteiger partial charge in [-0.3, -0.25) is 0 Å². The van der Waals surface area contributed by atoms with Crippen molar-refractivity contribution in [3.8, 4) is 5.75 Å². The zero-order valence-electron chi connectivity index (χ0n) is 12.5. The fourth-order valence-electron chi connectivity index (χ4n) is 2.57. The van der Waals surface area contributed by atoms with E-state index in [9.17, 15) is 9.90 Å². The van der Waals surface area contributed by atoms with Crippen LogP contribution in [0.25, 0.3) is 11.0 Å². The van der Waals surface area contributed by atoms with Crippen molar-refractivity contribution in [2.45, 2.75) is 33.2 Å². The number of hydrogen-bond acceptors (Lipinski definition) is 3. The topological polar surface area (TPSA) is 54.9 Å². The summed E-state index contributed by atoms with van der Waals surface area (Å²) in [7, 11) is 4.08. The molecule has 0 spiro atoms. The molecule has 0 aliphatic rings. The molecule has 0 radical (unpaired) electrons. The third-order valence-corrected chi connectivity index (χ3v) is 3.47. The first-order chi connectivity index (χ1) is 9.43. The molecule has 0 bridgehead atoms. The summed E-state index contributed by atoms with van der Waals surface area (Å²) in [4.78, 5) is 12.9. The van der Waals surface area contributed by atoms with Crippen molar-refractivity contribution in [1.29, 1.82) is 0 Å². The van der Waals surface area contributed by atoms with Crippen LogP contribution in [0.3, 0.4) is 0 Å². The zero-order valence-corrected chi connectivity index (χ0v) is 12.5. The maximum Gasteiger partial charge on any atom is 0.336 e. The molecule has 2 rings (SSSR count). The molecule has 1 aromatic heterocycles. The van der Waals surface area contributed by atoms with Gasteiger partial charge in [-0.1, -0.05) is 13.3 Å². The summed E-state index contributed by atoms with van der Waals surface area (Å²) in [6, 6.07) is 3.52. The highest BCUT2D eigenvalue weighted by atomic mass is 16.4. The van der Waals surface area contributed by atoms with Gasteiger partial charge in [-0.25, -0.2) is 4.79 Å². The van der Waals surface area contributed by atoms with Crippen LogP contribution in [0, 0.1) is 6.92 Å². The smallest absolute Gasteiger partial charge is 0.336 e. The normalized spacial score (nSPS) is 11.4. The Balaban J connectivity index is 2.76. The molecule has 0 amide bonds. The SMILES string of the molecule is CCCc1cc(=O)oc2c(C)c(O)c(C[NH+](C)C)cc12. The Morgan fingerprint density at radius 3 is 2.55 bits per heavy atom. The van der Waals surface area contributed by atoms with Crippen LogP contribution >= 0.6 is 0 Å². The number of fused-ring (bicyclic) bond motifs is 1. The van der Waals surface area contributed by atoms with Gasteiger partial charge >= 0.3 is 5.63 Å². The lowest BCUT2D eigenvalue weighted by atomic mass is 9.99. The van der Waals surface area contributed by atoms with Crippen molar-refractivity contribution < 1.29 is 14.4 Å². The Morgan fingerprint density at radius 1 is 1.25 bits per heavy atom. The predicted octanol–water partition coefficient (Wildman–Crippen LogP) is 1.40. The van der Waals surface area contributed by atoms with Crippen LogP contribution in [-0.2, 0) is 13.0 Å². The van der Waals surface area contributed by atoms with E-state index in [1.54, 1.807) is 13.0 Å². The molecule has 2 N–H and O–H groups in total. The number of hydrogen-bond donors (Lipinski definition) is 2. The highest BCUT2D eigenvalue weighted by Crippen LogP contribution is 2.31. The molecule has 0 atom stereocenters. The Morgan fingerprint density at radius 2 is 1.95 bits per heavy atom. The first-order valence-corrected chi connectivity index (χ1v) is 7.01. The lowest BCUT2D eigenvalue weighted by Crippen LogP contribution is -3.04. The van der Waals surface area contributed by atoms with Gasteiger partial charge in [0.2, 0.25) is 0 Å². The molecule has 0 unspecified atom stereocenters. The van der Waals surface area contributed by atoms with E-state index < -0.39 is 0 Å². The standard InChI is InChI=1S/C16H21NO3/c1-5-6-11-8-14(18)20-16-10(2)15(19)12(7-13(11)16)9-17(3)4/h7-8,19H,5-6,9H2,1-4H3/p+1. The van der Waals surface area contributed by atoms with E-state index >= 15 is 0 Å². The van der Waals surface area contributed by atoms with Crippen LogP contribution in [0.4, 0.5) is 0 Å². The minimum atomic E-state index is -0.352. The van der Waals surface area contributed by atoms with E-state index in [-0.39, 0.29) is 11.4 Å². The molecular formula is C16H22NO3+. The molecule has 0 fully saturated rings. The minimum Gasteiger partial charge on any atom is -0.507 e. The predicted molar refractivity (Wildman–Crippen MR) is 79.4 cm³/mol. The van der Waals surface area contributed by atoms with Crippen molar-refractivity contribution >= 4 is 11.0 Å². The van der Waals surface area contributed by atoms with Crippen LogP contribution in [-0.4, -0.2) is 19.2 Å². The lowest BCUT2D eigenvalue weighted by Gasteiger charge is -2.14. The molecule has 0 aliphatic carbocycles. The number of rotatable bonds is 4. The van der Waals surface area contributed by atoms with Crippen LogP contribution in [0.15, 0.2) is 21.3 Å². The second-order valence-electron chi connectivity index (χ2n) is 5.61. The van der Waals surface area contributed by atoms with Crippen LogP contribution in [0.1, 0.15) is 30.0 Å². The summed E-state index contributed by atoms with van der Waals surface area (Å²) in [6.07, 6.45) is 1.80. The molecule has 4 nitrogen and oxygen atoms in total. The number of phenols is 1. The van der Waals surface area contributed by atoms with Crippen LogP contribution in [0.5, 0.6) is 5.75 Å². The van der Waals surface area contributed by atoms with Crippen molar-refractivity contribution in [3.63, 3.8) is 0 Å². The third-order valence-electron chi connectivity index (χ3n) is 3.47. The van der Waals surface area contributed by atoms with Crippen LogP contribution in [0.2, 0.25) is 0 Å². The summed E-state index contributed by atoms with van der Waals surface area (Å²) < 4.78 is 5.30. The molecule has 4 heteroatoms.